The van der Waals surface area contributed by atoms with Crippen LogP contribution in [0.3, 0.4) is 0 Å². The van der Waals surface area contributed by atoms with Gasteiger partial charge in [0.2, 0.25) is 0 Å². The number of hydrogen-bond acceptors (Lipinski definition) is 3. The molecule has 0 saturated heterocycles. The smallest absolute Gasteiger partial charge is 0.255 e. The molecule has 2 rings (SSSR count). The van der Waals surface area contributed by atoms with Gasteiger partial charge in [-0.1, -0.05) is 25.1 Å². The van der Waals surface area contributed by atoms with Crippen LogP contribution in [0.25, 0.3) is 0 Å². The maximum Gasteiger partial charge on any atom is 0.255 e. The summed E-state index contributed by atoms with van der Waals surface area (Å²) in [6.45, 7) is 3.09. The summed E-state index contributed by atoms with van der Waals surface area (Å²) in [5.74, 6) is 0.649. The highest BCUT2D eigenvalue weighted by Crippen LogP contribution is 2.17. The number of rotatable bonds is 6. The minimum atomic E-state index is -0.154. The highest BCUT2D eigenvalue weighted by Gasteiger charge is 2.10. The van der Waals surface area contributed by atoms with Gasteiger partial charge in [0.1, 0.15) is 5.75 Å². The van der Waals surface area contributed by atoms with Crippen LogP contribution in [0.4, 0.5) is 5.69 Å². The third-order valence-corrected chi connectivity index (χ3v) is 3.07. The molecule has 0 aliphatic heterocycles. The molecule has 0 fully saturated rings. The van der Waals surface area contributed by atoms with Crippen LogP contribution in [0.2, 0.25) is 0 Å². The molecule has 110 valence electrons. The van der Waals surface area contributed by atoms with Crippen molar-refractivity contribution in [2.24, 2.45) is 5.73 Å². The third kappa shape index (κ3) is 4.07. The summed E-state index contributed by atoms with van der Waals surface area (Å²) in [4.78, 5) is 12.3. The van der Waals surface area contributed by atoms with Gasteiger partial charge in [0.25, 0.3) is 5.91 Å². The van der Waals surface area contributed by atoms with Crippen LogP contribution in [-0.2, 0) is 6.54 Å². The van der Waals surface area contributed by atoms with Gasteiger partial charge in [-0.2, -0.15) is 0 Å². The Bertz CT molecular complexity index is 594. The number of benzene rings is 2. The molecule has 4 nitrogen and oxygen atoms in total. The molecule has 2 aromatic carbocycles. The van der Waals surface area contributed by atoms with Gasteiger partial charge in [-0.3, -0.25) is 4.79 Å². The molecule has 0 saturated carbocycles. The second-order valence-electron chi connectivity index (χ2n) is 4.69. The number of anilines is 1. The van der Waals surface area contributed by atoms with E-state index in [9.17, 15) is 4.79 Å². The molecule has 0 heterocycles. The van der Waals surface area contributed by atoms with E-state index in [1.165, 1.54) is 0 Å². The number of hydrogen-bond donors (Lipinski definition) is 2. The highest BCUT2D eigenvalue weighted by atomic mass is 16.5. The fourth-order valence-corrected chi connectivity index (χ4v) is 1.97. The van der Waals surface area contributed by atoms with Crippen LogP contribution in [0.1, 0.15) is 29.3 Å². The van der Waals surface area contributed by atoms with Crippen LogP contribution in [0.5, 0.6) is 5.75 Å². The minimum absolute atomic E-state index is 0.154. The van der Waals surface area contributed by atoms with Crippen molar-refractivity contribution >= 4 is 11.6 Å². The molecule has 21 heavy (non-hydrogen) atoms. The molecule has 0 unspecified atom stereocenters. The van der Waals surface area contributed by atoms with Crippen LogP contribution in [0.15, 0.2) is 48.5 Å². The van der Waals surface area contributed by atoms with Crippen molar-refractivity contribution in [3.63, 3.8) is 0 Å². The lowest BCUT2D eigenvalue weighted by atomic mass is 10.1. The van der Waals surface area contributed by atoms with E-state index in [1.54, 1.807) is 6.07 Å². The molecule has 3 N–H and O–H groups in total. The quantitative estimate of drug-likeness (QED) is 0.856. The molecule has 1 amide bonds. The zero-order chi connectivity index (χ0) is 15.1. The topological polar surface area (TPSA) is 64.3 Å². The lowest BCUT2D eigenvalue weighted by Crippen LogP contribution is -2.15. The van der Waals surface area contributed by atoms with E-state index in [0.29, 0.717) is 18.7 Å². The van der Waals surface area contributed by atoms with E-state index in [0.717, 1.165) is 23.4 Å². The first-order chi connectivity index (χ1) is 10.2. The summed E-state index contributed by atoms with van der Waals surface area (Å²) in [7, 11) is 0. The normalized spacial score (nSPS) is 10.2. The summed E-state index contributed by atoms with van der Waals surface area (Å²) in [5.41, 5.74) is 7.82. The Morgan fingerprint density at radius 1 is 1.14 bits per heavy atom. The lowest BCUT2D eigenvalue weighted by molar-refractivity contribution is 0.102. The van der Waals surface area contributed by atoms with Crippen molar-refractivity contribution in [3.8, 4) is 5.75 Å². The Labute approximate surface area is 124 Å². The maximum absolute atomic E-state index is 12.3. The maximum atomic E-state index is 12.3. The number of amides is 1. The summed E-state index contributed by atoms with van der Waals surface area (Å²) in [5, 5.41) is 2.87. The first-order valence-corrected chi connectivity index (χ1v) is 7.06. The fourth-order valence-electron chi connectivity index (χ4n) is 1.97. The van der Waals surface area contributed by atoms with Gasteiger partial charge in [0.15, 0.2) is 0 Å². The van der Waals surface area contributed by atoms with E-state index in [-0.39, 0.29) is 5.91 Å². The Balaban J connectivity index is 2.05. The lowest BCUT2D eigenvalue weighted by Gasteiger charge is -2.10. The van der Waals surface area contributed by atoms with Gasteiger partial charge in [0.05, 0.1) is 6.61 Å². The Morgan fingerprint density at radius 3 is 2.52 bits per heavy atom. The molecule has 2 aromatic rings. The van der Waals surface area contributed by atoms with Gasteiger partial charge in [0, 0.05) is 17.8 Å². The van der Waals surface area contributed by atoms with Crippen molar-refractivity contribution in [2.75, 3.05) is 11.9 Å². The largest absolute Gasteiger partial charge is 0.494 e. The molecule has 4 heteroatoms. The molecule has 0 aliphatic carbocycles. The summed E-state index contributed by atoms with van der Waals surface area (Å²) >= 11 is 0. The third-order valence-electron chi connectivity index (χ3n) is 3.07. The van der Waals surface area contributed by atoms with Crippen molar-refractivity contribution in [2.45, 2.75) is 19.9 Å². The number of nitrogens with one attached hydrogen (secondary N) is 1. The number of carbonyl (C=O) groups is 1. The first kappa shape index (κ1) is 15.1. The van der Waals surface area contributed by atoms with Crippen LogP contribution >= 0.6 is 0 Å². The SMILES string of the molecule is CCCOc1ccc(NC(=O)c2ccccc2CN)cc1. The molecule has 0 radical (unpaired) electrons. The highest BCUT2D eigenvalue weighted by molar-refractivity contribution is 6.05. The van der Waals surface area contributed by atoms with Crippen molar-refractivity contribution in [1.82, 2.24) is 0 Å². The Kier molecular flexibility index (Phi) is 5.35. The average molecular weight is 284 g/mol. The number of nitrogens with two attached hydrogens (primary N) is 1. The molecular weight excluding hydrogens is 264 g/mol. The van der Waals surface area contributed by atoms with Gasteiger partial charge in [-0.05, 0) is 42.3 Å². The fraction of sp³-hybridized carbons (Fsp3) is 0.235. The number of carbonyl (C=O) groups excluding carboxylic acids is 1. The molecule has 0 atom stereocenters. The van der Waals surface area contributed by atoms with Gasteiger partial charge >= 0.3 is 0 Å². The van der Waals surface area contributed by atoms with Crippen molar-refractivity contribution in [1.29, 1.82) is 0 Å². The molecule has 0 spiro atoms. The molecule has 0 aromatic heterocycles. The second kappa shape index (κ2) is 7.45. The zero-order valence-electron chi connectivity index (χ0n) is 12.1. The number of ether oxygens (including phenoxy) is 1. The predicted molar refractivity (Wildman–Crippen MR) is 84.5 cm³/mol. The first-order valence-electron chi connectivity index (χ1n) is 7.06. The molecular formula is C17H20N2O2. The standard InChI is InChI=1S/C17H20N2O2/c1-2-11-21-15-9-7-14(8-10-15)19-17(20)16-6-4-3-5-13(16)12-18/h3-10H,2,11-12,18H2,1H3,(H,19,20). The van der Waals surface area contributed by atoms with Crippen LogP contribution in [0, 0.1) is 0 Å². The van der Waals surface area contributed by atoms with Gasteiger partial charge < -0.3 is 15.8 Å². The van der Waals surface area contributed by atoms with Crippen LogP contribution < -0.4 is 15.8 Å². The zero-order valence-corrected chi connectivity index (χ0v) is 12.1. The predicted octanol–water partition coefficient (Wildman–Crippen LogP) is 3.19. The summed E-state index contributed by atoms with van der Waals surface area (Å²) in [6.07, 6.45) is 0.967. The minimum Gasteiger partial charge on any atom is -0.494 e. The Hall–Kier alpha value is -2.33. The van der Waals surface area contributed by atoms with Crippen molar-refractivity contribution in [3.05, 3.63) is 59.7 Å². The summed E-state index contributed by atoms with van der Waals surface area (Å²) < 4.78 is 5.51. The Morgan fingerprint density at radius 2 is 1.86 bits per heavy atom. The summed E-state index contributed by atoms with van der Waals surface area (Å²) in [6, 6.07) is 14.7. The van der Waals surface area contributed by atoms with Crippen molar-refractivity contribution < 1.29 is 9.53 Å². The molecule has 0 aliphatic rings. The van der Waals surface area contributed by atoms with E-state index < -0.39 is 0 Å². The van der Waals surface area contributed by atoms with Crippen LogP contribution in [-0.4, -0.2) is 12.5 Å². The van der Waals surface area contributed by atoms with E-state index in [1.807, 2.05) is 42.5 Å². The monoisotopic (exact) mass is 284 g/mol. The van der Waals surface area contributed by atoms with E-state index in [2.05, 4.69) is 12.2 Å². The average Bonchev–Trinajstić information content (AvgIpc) is 2.54. The van der Waals surface area contributed by atoms with Gasteiger partial charge in [-0.25, -0.2) is 0 Å². The molecule has 0 bridgehead atoms. The van der Waals surface area contributed by atoms with Gasteiger partial charge in [-0.15, -0.1) is 0 Å². The van der Waals surface area contributed by atoms with E-state index >= 15 is 0 Å². The second-order valence-corrected chi connectivity index (χ2v) is 4.69. The van der Waals surface area contributed by atoms with E-state index in [4.69, 9.17) is 10.5 Å².